The molecule has 1 N–H and O–H groups in total. The third-order valence-corrected chi connectivity index (χ3v) is 5.76. The SMILES string of the molecule is COc1ccc(C)cc1NC(=O)[C@H](C)N(C)Cc1ccccc1N1CCCCC1. The molecule has 0 aliphatic carbocycles. The highest BCUT2D eigenvalue weighted by Crippen LogP contribution is 2.27. The zero-order valence-corrected chi connectivity index (χ0v) is 18.1. The molecule has 1 heterocycles. The van der Waals surface area contributed by atoms with Gasteiger partial charge >= 0.3 is 0 Å². The van der Waals surface area contributed by atoms with Crippen LogP contribution in [0.1, 0.15) is 37.3 Å². The maximum Gasteiger partial charge on any atom is 0.241 e. The molecule has 5 nitrogen and oxygen atoms in total. The molecule has 2 aromatic carbocycles. The second-order valence-corrected chi connectivity index (χ2v) is 7.96. The van der Waals surface area contributed by atoms with Crippen molar-refractivity contribution >= 4 is 17.3 Å². The molecule has 5 heteroatoms. The molecule has 0 unspecified atom stereocenters. The molecular weight excluding hydrogens is 362 g/mol. The van der Waals surface area contributed by atoms with Crippen LogP contribution in [0, 0.1) is 6.92 Å². The summed E-state index contributed by atoms with van der Waals surface area (Å²) >= 11 is 0. The van der Waals surface area contributed by atoms with Gasteiger partial charge in [-0.05, 0) is 69.5 Å². The summed E-state index contributed by atoms with van der Waals surface area (Å²) in [5.74, 6) is 0.640. The number of nitrogens with zero attached hydrogens (tertiary/aromatic N) is 2. The smallest absolute Gasteiger partial charge is 0.241 e. The second-order valence-electron chi connectivity index (χ2n) is 7.96. The summed E-state index contributed by atoms with van der Waals surface area (Å²) in [7, 11) is 3.62. The minimum Gasteiger partial charge on any atom is -0.495 e. The van der Waals surface area contributed by atoms with Gasteiger partial charge in [-0.1, -0.05) is 24.3 Å². The van der Waals surface area contributed by atoms with E-state index < -0.39 is 0 Å². The van der Waals surface area contributed by atoms with Crippen LogP contribution in [-0.4, -0.2) is 44.1 Å². The number of nitrogens with one attached hydrogen (secondary N) is 1. The Kier molecular flexibility index (Phi) is 7.15. The van der Waals surface area contributed by atoms with Crippen molar-refractivity contribution in [2.75, 3.05) is 37.5 Å². The number of carbonyl (C=O) groups excluding carboxylic acids is 1. The Morgan fingerprint density at radius 2 is 1.90 bits per heavy atom. The topological polar surface area (TPSA) is 44.8 Å². The highest BCUT2D eigenvalue weighted by atomic mass is 16.5. The maximum absolute atomic E-state index is 12.9. The van der Waals surface area contributed by atoms with E-state index in [4.69, 9.17) is 4.74 Å². The number of likely N-dealkylation sites (N-methyl/N-ethyl adjacent to an activating group) is 1. The molecule has 0 aromatic heterocycles. The first-order valence-electron chi connectivity index (χ1n) is 10.5. The number of benzene rings is 2. The second kappa shape index (κ2) is 9.79. The van der Waals surface area contributed by atoms with E-state index in [0.717, 1.165) is 25.2 Å². The summed E-state index contributed by atoms with van der Waals surface area (Å²) in [5.41, 5.74) is 4.36. The van der Waals surface area contributed by atoms with Crippen LogP contribution in [0.4, 0.5) is 11.4 Å². The summed E-state index contributed by atoms with van der Waals surface area (Å²) in [6.07, 6.45) is 3.82. The zero-order chi connectivity index (χ0) is 20.8. The fourth-order valence-electron chi connectivity index (χ4n) is 3.85. The molecule has 29 heavy (non-hydrogen) atoms. The summed E-state index contributed by atoms with van der Waals surface area (Å²) in [4.78, 5) is 17.5. The Balaban J connectivity index is 1.69. The largest absolute Gasteiger partial charge is 0.495 e. The van der Waals surface area contributed by atoms with Crippen molar-refractivity contribution in [1.29, 1.82) is 0 Å². The monoisotopic (exact) mass is 395 g/mol. The van der Waals surface area contributed by atoms with Gasteiger partial charge in [0.25, 0.3) is 0 Å². The van der Waals surface area contributed by atoms with Crippen LogP contribution in [0.5, 0.6) is 5.75 Å². The molecular formula is C24H33N3O2. The summed E-state index contributed by atoms with van der Waals surface area (Å²) in [6.45, 7) is 6.91. The van der Waals surface area contributed by atoms with Crippen LogP contribution in [-0.2, 0) is 11.3 Å². The minimum atomic E-state index is -0.269. The van der Waals surface area contributed by atoms with Gasteiger partial charge < -0.3 is 15.0 Å². The van der Waals surface area contributed by atoms with Crippen LogP contribution >= 0.6 is 0 Å². The van der Waals surface area contributed by atoms with E-state index in [2.05, 4.69) is 39.4 Å². The molecule has 3 rings (SSSR count). The van der Waals surface area contributed by atoms with Crippen molar-refractivity contribution in [3.8, 4) is 5.75 Å². The molecule has 2 aromatic rings. The number of para-hydroxylation sites is 1. The van der Waals surface area contributed by atoms with E-state index >= 15 is 0 Å². The van der Waals surface area contributed by atoms with E-state index in [9.17, 15) is 4.79 Å². The van der Waals surface area contributed by atoms with E-state index in [1.165, 1.54) is 30.5 Å². The van der Waals surface area contributed by atoms with Gasteiger partial charge in [-0.25, -0.2) is 0 Å². The van der Waals surface area contributed by atoms with Gasteiger partial charge in [0.2, 0.25) is 5.91 Å². The molecule has 1 amide bonds. The zero-order valence-electron chi connectivity index (χ0n) is 18.1. The summed E-state index contributed by atoms with van der Waals surface area (Å²) in [6, 6.07) is 14.1. The highest BCUT2D eigenvalue weighted by Gasteiger charge is 2.21. The van der Waals surface area contributed by atoms with Gasteiger partial charge in [0.15, 0.2) is 0 Å². The van der Waals surface area contributed by atoms with Crippen molar-refractivity contribution < 1.29 is 9.53 Å². The number of hydrogen-bond donors (Lipinski definition) is 1. The summed E-state index contributed by atoms with van der Waals surface area (Å²) < 4.78 is 5.39. The number of hydrogen-bond acceptors (Lipinski definition) is 4. The van der Waals surface area contributed by atoms with E-state index in [1.54, 1.807) is 7.11 Å². The molecule has 1 fully saturated rings. The predicted octanol–water partition coefficient (Wildman–Crippen LogP) is 4.45. The van der Waals surface area contributed by atoms with E-state index in [0.29, 0.717) is 11.4 Å². The quantitative estimate of drug-likeness (QED) is 0.752. The van der Waals surface area contributed by atoms with Crippen LogP contribution in [0.2, 0.25) is 0 Å². The number of carbonyl (C=O) groups is 1. The number of amides is 1. The van der Waals surface area contributed by atoms with Crippen LogP contribution in [0.15, 0.2) is 42.5 Å². The lowest BCUT2D eigenvalue weighted by Crippen LogP contribution is -2.39. The van der Waals surface area contributed by atoms with Crippen molar-refractivity contribution in [1.82, 2.24) is 4.90 Å². The molecule has 0 bridgehead atoms. The first-order valence-corrected chi connectivity index (χ1v) is 10.5. The lowest BCUT2D eigenvalue weighted by Gasteiger charge is -2.32. The molecule has 1 aliphatic rings. The number of piperidine rings is 1. The van der Waals surface area contributed by atoms with Gasteiger partial charge in [0.05, 0.1) is 18.8 Å². The van der Waals surface area contributed by atoms with Crippen molar-refractivity contribution in [3.05, 3.63) is 53.6 Å². The van der Waals surface area contributed by atoms with Gasteiger partial charge in [-0.3, -0.25) is 9.69 Å². The average Bonchev–Trinajstić information content (AvgIpc) is 2.74. The van der Waals surface area contributed by atoms with Crippen molar-refractivity contribution in [3.63, 3.8) is 0 Å². The van der Waals surface area contributed by atoms with Crippen LogP contribution in [0.25, 0.3) is 0 Å². The fraction of sp³-hybridized carbons (Fsp3) is 0.458. The first-order chi connectivity index (χ1) is 14.0. The number of methoxy groups -OCH3 is 1. The van der Waals surface area contributed by atoms with Crippen LogP contribution < -0.4 is 15.0 Å². The lowest BCUT2D eigenvalue weighted by molar-refractivity contribution is -0.120. The molecule has 1 atom stereocenters. The van der Waals surface area contributed by atoms with Gasteiger partial charge in [-0.15, -0.1) is 0 Å². The Morgan fingerprint density at radius 3 is 2.62 bits per heavy atom. The van der Waals surface area contributed by atoms with E-state index in [1.807, 2.05) is 39.1 Å². The van der Waals surface area contributed by atoms with Crippen molar-refractivity contribution in [2.24, 2.45) is 0 Å². The minimum absolute atomic E-state index is 0.0353. The van der Waals surface area contributed by atoms with E-state index in [-0.39, 0.29) is 11.9 Å². The molecule has 0 radical (unpaired) electrons. The number of ether oxygens (including phenoxy) is 1. The molecule has 0 saturated carbocycles. The lowest BCUT2D eigenvalue weighted by atomic mass is 10.1. The van der Waals surface area contributed by atoms with Crippen molar-refractivity contribution in [2.45, 2.75) is 45.7 Å². The van der Waals surface area contributed by atoms with Gasteiger partial charge in [-0.2, -0.15) is 0 Å². The predicted molar refractivity (Wildman–Crippen MR) is 120 cm³/mol. The molecule has 1 saturated heterocycles. The Morgan fingerprint density at radius 1 is 1.17 bits per heavy atom. The Hall–Kier alpha value is -2.53. The number of rotatable bonds is 7. The van der Waals surface area contributed by atoms with Crippen LogP contribution in [0.3, 0.4) is 0 Å². The molecule has 1 aliphatic heterocycles. The molecule has 0 spiro atoms. The Labute approximate surface area is 174 Å². The normalized spacial score (nSPS) is 15.3. The fourth-order valence-corrected chi connectivity index (χ4v) is 3.85. The standard InChI is InChI=1S/C24H33N3O2/c1-18-12-13-23(29-4)21(16-18)25-24(28)19(2)26(3)17-20-10-6-7-11-22(20)27-14-8-5-9-15-27/h6-7,10-13,16,19H,5,8-9,14-15,17H2,1-4H3,(H,25,28)/t19-/m0/s1. The summed E-state index contributed by atoms with van der Waals surface area (Å²) in [5, 5.41) is 3.03. The third-order valence-electron chi connectivity index (χ3n) is 5.76. The first kappa shape index (κ1) is 21.2. The maximum atomic E-state index is 12.9. The molecule has 156 valence electrons. The van der Waals surface area contributed by atoms with Gasteiger partial charge in [0, 0.05) is 25.3 Å². The van der Waals surface area contributed by atoms with Gasteiger partial charge in [0.1, 0.15) is 5.75 Å². The third kappa shape index (κ3) is 5.30. The highest BCUT2D eigenvalue weighted by molar-refractivity contribution is 5.95. The number of anilines is 2. The number of aryl methyl sites for hydroxylation is 1. The average molecular weight is 396 g/mol. The Bertz CT molecular complexity index is 831.